The highest BCUT2D eigenvalue weighted by Crippen LogP contribution is 2.37. The molecule has 0 amide bonds. The minimum absolute atomic E-state index is 0.123. The largest absolute Gasteiger partial charge is 0.494 e. The number of rotatable bonds is 12. The van der Waals surface area contributed by atoms with Crippen molar-refractivity contribution in [2.45, 2.75) is 89.8 Å². The lowest BCUT2D eigenvalue weighted by atomic mass is 9.85. The van der Waals surface area contributed by atoms with E-state index in [9.17, 15) is 18.0 Å². The van der Waals surface area contributed by atoms with Gasteiger partial charge in [0.15, 0.2) is 6.10 Å². The van der Waals surface area contributed by atoms with Crippen LogP contribution < -0.4 is 4.74 Å². The maximum atomic E-state index is 13.6. The van der Waals surface area contributed by atoms with Crippen LogP contribution in [0.4, 0.5) is 13.2 Å². The number of ether oxygens (including phenoxy) is 2. The number of benzene rings is 2. The van der Waals surface area contributed by atoms with Gasteiger partial charge in [-0.15, -0.1) is 0 Å². The molecule has 3 rings (SSSR count). The molecule has 6 heteroatoms. The smallest absolute Gasteiger partial charge is 0.425 e. The molecule has 1 aliphatic rings. The fourth-order valence-corrected chi connectivity index (χ4v) is 4.67. The van der Waals surface area contributed by atoms with E-state index in [-0.39, 0.29) is 5.56 Å². The fraction of sp³-hybridized carbons (Fsp3) is 0.552. The van der Waals surface area contributed by atoms with Gasteiger partial charge < -0.3 is 9.47 Å². The van der Waals surface area contributed by atoms with Crippen LogP contribution in [0.2, 0.25) is 0 Å². The minimum Gasteiger partial charge on any atom is -0.494 e. The van der Waals surface area contributed by atoms with Crippen LogP contribution in [-0.2, 0) is 4.74 Å². The number of carbonyl (C=O) groups excluding carboxylic acids is 1. The second-order valence-corrected chi connectivity index (χ2v) is 9.48. The average molecular weight is 491 g/mol. The lowest BCUT2D eigenvalue weighted by Gasteiger charge is -2.31. The summed E-state index contributed by atoms with van der Waals surface area (Å²) in [6.07, 6.45) is 3.98. The van der Waals surface area contributed by atoms with Crippen molar-refractivity contribution in [3.05, 3.63) is 54.1 Å². The molecule has 1 saturated carbocycles. The average Bonchev–Trinajstić information content (AvgIpc) is 2.87. The standard InChI is InChI=1S/C29H37F3O3/c1-2-3-4-5-6-10-21-34-26-19-17-23(18-20-26)22-13-15-25(16-14-22)28(33)35-27(29(30,31)32)24-11-8-7-9-12-24/h13-20,24,27H,2-12,21H2,1H3. The van der Waals surface area contributed by atoms with Gasteiger partial charge in [0.25, 0.3) is 0 Å². The van der Waals surface area contributed by atoms with Gasteiger partial charge in [0.05, 0.1) is 12.2 Å². The molecular formula is C29H37F3O3. The molecule has 3 nitrogen and oxygen atoms in total. The van der Waals surface area contributed by atoms with Crippen molar-refractivity contribution in [3.63, 3.8) is 0 Å². The van der Waals surface area contributed by atoms with Crippen LogP contribution in [0, 0.1) is 5.92 Å². The van der Waals surface area contributed by atoms with Crippen molar-refractivity contribution in [2.24, 2.45) is 5.92 Å². The molecule has 0 radical (unpaired) electrons. The molecule has 0 aliphatic heterocycles. The summed E-state index contributed by atoms with van der Waals surface area (Å²) in [6, 6.07) is 14.2. The Balaban J connectivity index is 1.52. The molecule has 0 heterocycles. The Bertz CT molecular complexity index is 885. The summed E-state index contributed by atoms with van der Waals surface area (Å²) in [5, 5.41) is 0. The summed E-state index contributed by atoms with van der Waals surface area (Å²) < 4.78 is 51.5. The van der Waals surface area contributed by atoms with Crippen molar-refractivity contribution < 1.29 is 27.4 Å². The van der Waals surface area contributed by atoms with Gasteiger partial charge in [0.2, 0.25) is 0 Å². The lowest BCUT2D eigenvalue weighted by Crippen LogP contribution is -2.41. The first-order valence-electron chi connectivity index (χ1n) is 13.0. The van der Waals surface area contributed by atoms with Gasteiger partial charge in [-0.05, 0) is 54.7 Å². The third-order valence-electron chi connectivity index (χ3n) is 6.71. The van der Waals surface area contributed by atoms with E-state index < -0.39 is 24.2 Å². The molecule has 35 heavy (non-hydrogen) atoms. The van der Waals surface area contributed by atoms with Gasteiger partial charge >= 0.3 is 12.1 Å². The van der Waals surface area contributed by atoms with Crippen molar-refractivity contribution in [1.82, 2.24) is 0 Å². The van der Waals surface area contributed by atoms with E-state index in [1.165, 1.54) is 44.2 Å². The summed E-state index contributed by atoms with van der Waals surface area (Å²) in [7, 11) is 0. The number of alkyl halides is 3. The Morgan fingerprint density at radius 3 is 2.03 bits per heavy atom. The fourth-order valence-electron chi connectivity index (χ4n) is 4.67. The highest BCUT2D eigenvalue weighted by molar-refractivity contribution is 5.90. The lowest BCUT2D eigenvalue weighted by molar-refractivity contribution is -0.222. The number of hydrogen-bond acceptors (Lipinski definition) is 3. The first kappa shape index (κ1) is 27.1. The third-order valence-corrected chi connectivity index (χ3v) is 6.71. The van der Waals surface area contributed by atoms with Crippen LogP contribution in [0.3, 0.4) is 0 Å². The second kappa shape index (κ2) is 13.6. The van der Waals surface area contributed by atoms with Gasteiger partial charge in [0.1, 0.15) is 5.75 Å². The van der Waals surface area contributed by atoms with Crippen molar-refractivity contribution in [3.8, 4) is 16.9 Å². The summed E-state index contributed by atoms with van der Waals surface area (Å²) in [5.74, 6) is -0.778. The summed E-state index contributed by atoms with van der Waals surface area (Å²) >= 11 is 0. The molecule has 1 fully saturated rings. The molecule has 2 aromatic carbocycles. The van der Waals surface area contributed by atoms with Crippen molar-refractivity contribution >= 4 is 5.97 Å². The van der Waals surface area contributed by atoms with Gasteiger partial charge in [-0.3, -0.25) is 0 Å². The molecule has 1 aliphatic carbocycles. The Morgan fingerprint density at radius 2 is 1.43 bits per heavy atom. The molecule has 0 N–H and O–H groups in total. The molecule has 1 atom stereocenters. The molecule has 0 aromatic heterocycles. The molecule has 192 valence electrons. The Labute approximate surface area is 207 Å². The first-order chi connectivity index (χ1) is 16.9. The van der Waals surface area contributed by atoms with E-state index in [0.717, 1.165) is 42.6 Å². The van der Waals surface area contributed by atoms with Crippen LogP contribution >= 0.6 is 0 Å². The van der Waals surface area contributed by atoms with E-state index in [1.54, 1.807) is 12.1 Å². The monoisotopic (exact) mass is 490 g/mol. The molecule has 0 bridgehead atoms. The quantitative estimate of drug-likeness (QED) is 0.220. The molecule has 2 aromatic rings. The van der Waals surface area contributed by atoms with Gasteiger partial charge in [0, 0.05) is 5.92 Å². The third kappa shape index (κ3) is 8.59. The molecule has 0 saturated heterocycles. The van der Waals surface area contributed by atoms with Crippen LogP contribution in [0.5, 0.6) is 5.75 Å². The Hall–Kier alpha value is -2.50. The number of carbonyl (C=O) groups is 1. The van der Waals surface area contributed by atoms with E-state index in [2.05, 4.69) is 6.92 Å². The van der Waals surface area contributed by atoms with Crippen molar-refractivity contribution in [2.75, 3.05) is 6.61 Å². The molecular weight excluding hydrogens is 453 g/mol. The van der Waals surface area contributed by atoms with E-state index in [1.807, 2.05) is 24.3 Å². The summed E-state index contributed by atoms with van der Waals surface area (Å²) in [6.45, 7) is 2.91. The molecule has 1 unspecified atom stereocenters. The Morgan fingerprint density at radius 1 is 0.857 bits per heavy atom. The van der Waals surface area contributed by atoms with Gasteiger partial charge in [-0.25, -0.2) is 4.79 Å². The van der Waals surface area contributed by atoms with Crippen LogP contribution in [-0.4, -0.2) is 24.9 Å². The van der Waals surface area contributed by atoms with E-state index >= 15 is 0 Å². The predicted octanol–water partition coefficient (Wildman–Crippen LogP) is 8.76. The zero-order valence-electron chi connectivity index (χ0n) is 20.6. The summed E-state index contributed by atoms with van der Waals surface area (Å²) in [4.78, 5) is 12.5. The first-order valence-corrected chi connectivity index (χ1v) is 13.0. The maximum absolute atomic E-state index is 13.6. The van der Waals surface area contributed by atoms with Crippen LogP contribution in [0.25, 0.3) is 11.1 Å². The zero-order chi connectivity index (χ0) is 25.1. The SMILES string of the molecule is CCCCCCCCOc1ccc(-c2ccc(C(=O)OC(C3CCCCC3)C(F)(F)F)cc2)cc1. The Kier molecular flexibility index (Phi) is 10.5. The van der Waals surface area contributed by atoms with Gasteiger partial charge in [-0.1, -0.05) is 82.6 Å². The van der Waals surface area contributed by atoms with E-state index in [0.29, 0.717) is 19.4 Å². The van der Waals surface area contributed by atoms with Crippen LogP contribution in [0.1, 0.15) is 87.9 Å². The number of hydrogen-bond donors (Lipinski definition) is 0. The highest BCUT2D eigenvalue weighted by Gasteiger charge is 2.47. The van der Waals surface area contributed by atoms with E-state index in [4.69, 9.17) is 9.47 Å². The predicted molar refractivity (Wildman–Crippen MR) is 133 cm³/mol. The van der Waals surface area contributed by atoms with Crippen LogP contribution in [0.15, 0.2) is 48.5 Å². The topological polar surface area (TPSA) is 35.5 Å². The number of halogens is 3. The molecule has 0 spiro atoms. The second-order valence-electron chi connectivity index (χ2n) is 9.48. The number of unbranched alkanes of at least 4 members (excludes halogenated alkanes) is 5. The van der Waals surface area contributed by atoms with Gasteiger partial charge in [-0.2, -0.15) is 13.2 Å². The summed E-state index contributed by atoms with van der Waals surface area (Å²) in [5.41, 5.74) is 1.92. The maximum Gasteiger partial charge on any atom is 0.425 e. The highest BCUT2D eigenvalue weighted by atomic mass is 19.4. The minimum atomic E-state index is -4.56. The van der Waals surface area contributed by atoms with Crippen molar-refractivity contribution in [1.29, 1.82) is 0 Å². The zero-order valence-corrected chi connectivity index (χ0v) is 20.6. The number of esters is 1. The normalized spacial score (nSPS) is 15.5.